The molecule has 0 aliphatic rings. The Morgan fingerprint density at radius 2 is 1.75 bits per heavy atom. The van der Waals surface area contributed by atoms with Gasteiger partial charge in [-0.2, -0.15) is 0 Å². The fourth-order valence-corrected chi connectivity index (χ4v) is 2.41. The molecule has 0 saturated heterocycles. The van der Waals surface area contributed by atoms with Gasteiger partial charge in [-0.25, -0.2) is 4.79 Å². The minimum atomic E-state index is -0.235. The molecule has 0 unspecified atom stereocenters. The molecule has 20 heavy (non-hydrogen) atoms. The Hall–Kier alpha value is -1.77. The largest absolute Gasteiger partial charge is 0.422 e. The number of hydrogen-bond donors (Lipinski definition) is 0. The highest BCUT2D eigenvalue weighted by molar-refractivity contribution is 5.81. The van der Waals surface area contributed by atoms with Crippen molar-refractivity contribution in [2.45, 2.75) is 40.0 Å². The number of rotatable bonds is 3. The lowest BCUT2D eigenvalue weighted by Gasteiger charge is -2.21. The first kappa shape index (κ1) is 14.6. The number of benzene rings is 1. The molecular weight excluding hydrogens is 250 g/mol. The molecule has 2 rings (SSSR count). The molecule has 0 aliphatic heterocycles. The standard InChI is InChI=1S/C17H23NO2/c1-6-18(7-2)13-9-8-12-10-14(17(3,4)5)16(19)20-15(12)11-13/h8-11H,6-7H2,1-5H3. The summed E-state index contributed by atoms with van der Waals surface area (Å²) in [5.74, 6) is 0. The van der Waals surface area contributed by atoms with Crippen molar-refractivity contribution >= 4 is 16.7 Å². The van der Waals surface area contributed by atoms with Gasteiger partial charge in [-0.15, -0.1) is 0 Å². The summed E-state index contributed by atoms with van der Waals surface area (Å²) >= 11 is 0. The highest BCUT2D eigenvalue weighted by Crippen LogP contribution is 2.25. The second-order valence-corrected chi connectivity index (χ2v) is 6.09. The molecule has 3 heteroatoms. The van der Waals surface area contributed by atoms with Crippen LogP contribution in [0.15, 0.2) is 33.5 Å². The maximum Gasteiger partial charge on any atom is 0.339 e. The summed E-state index contributed by atoms with van der Waals surface area (Å²) < 4.78 is 5.52. The highest BCUT2D eigenvalue weighted by Gasteiger charge is 2.19. The molecule has 0 atom stereocenters. The Morgan fingerprint density at radius 1 is 1.10 bits per heavy atom. The zero-order valence-electron chi connectivity index (χ0n) is 13.0. The van der Waals surface area contributed by atoms with E-state index >= 15 is 0 Å². The van der Waals surface area contributed by atoms with Crippen LogP contribution >= 0.6 is 0 Å². The Balaban J connectivity index is 2.59. The quantitative estimate of drug-likeness (QED) is 0.794. The second kappa shape index (κ2) is 5.31. The molecule has 108 valence electrons. The van der Waals surface area contributed by atoms with Crippen LogP contribution in [0.4, 0.5) is 5.69 Å². The van der Waals surface area contributed by atoms with Gasteiger partial charge in [0.25, 0.3) is 0 Å². The van der Waals surface area contributed by atoms with Crippen LogP contribution in [-0.4, -0.2) is 13.1 Å². The van der Waals surface area contributed by atoms with Crippen LogP contribution < -0.4 is 10.5 Å². The fraction of sp³-hybridized carbons (Fsp3) is 0.471. The Labute approximate surface area is 120 Å². The lowest BCUT2D eigenvalue weighted by molar-refractivity contribution is 0.502. The molecule has 0 radical (unpaired) electrons. The molecule has 1 heterocycles. The van der Waals surface area contributed by atoms with Crippen molar-refractivity contribution in [3.63, 3.8) is 0 Å². The first-order chi connectivity index (χ1) is 9.36. The topological polar surface area (TPSA) is 33.5 Å². The van der Waals surface area contributed by atoms with Gasteiger partial charge in [0.2, 0.25) is 0 Å². The summed E-state index contributed by atoms with van der Waals surface area (Å²) in [7, 11) is 0. The van der Waals surface area contributed by atoms with E-state index in [1.807, 2.05) is 39.0 Å². The normalized spacial score (nSPS) is 11.8. The van der Waals surface area contributed by atoms with E-state index in [-0.39, 0.29) is 11.0 Å². The van der Waals surface area contributed by atoms with E-state index in [2.05, 4.69) is 24.8 Å². The predicted molar refractivity (Wildman–Crippen MR) is 84.7 cm³/mol. The third-order valence-electron chi connectivity index (χ3n) is 3.66. The van der Waals surface area contributed by atoms with Gasteiger partial charge in [0.15, 0.2) is 0 Å². The molecule has 1 aromatic heterocycles. The van der Waals surface area contributed by atoms with Gasteiger partial charge in [-0.1, -0.05) is 20.8 Å². The minimum absolute atomic E-state index is 0.202. The van der Waals surface area contributed by atoms with Crippen LogP contribution in [0.2, 0.25) is 0 Å². The molecule has 1 aromatic carbocycles. The number of anilines is 1. The first-order valence-corrected chi connectivity index (χ1v) is 7.20. The second-order valence-electron chi connectivity index (χ2n) is 6.09. The van der Waals surface area contributed by atoms with Crippen molar-refractivity contribution in [1.82, 2.24) is 0 Å². The van der Waals surface area contributed by atoms with Crippen LogP contribution in [0.5, 0.6) is 0 Å². The summed E-state index contributed by atoms with van der Waals surface area (Å²) in [4.78, 5) is 14.4. The highest BCUT2D eigenvalue weighted by atomic mass is 16.4. The summed E-state index contributed by atoms with van der Waals surface area (Å²) in [6, 6.07) is 8.02. The lowest BCUT2D eigenvalue weighted by Crippen LogP contribution is -2.22. The molecule has 3 nitrogen and oxygen atoms in total. The molecule has 0 aliphatic carbocycles. The average Bonchev–Trinajstić information content (AvgIpc) is 2.38. The van der Waals surface area contributed by atoms with Gasteiger partial charge in [0.1, 0.15) is 5.58 Å². The zero-order chi connectivity index (χ0) is 14.9. The number of fused-ring (bicyclic) bond motifs is 1. The predicted octanol–water partition coefficient (Wildman–Crippen LogP) is 3.94. The van der Waals surface area contributed by atoms with E-state index < -0.39 is 0 Å². The molecule has 0 bridgehead atoms. The van der Waals surface area contributed by atoms with Crippen LogP contribution in [-0.2, 0) is 5.41 Å². The summed E-state index contributed by atoms with van der Waals surface area (Å²) in [6.45, 7) is 12.2. The average molecular weight is 273 g/mol. The molecule has 0 fully saturated rings. The lowest BCUT2D eigenvalue weighted by atomic mass is 9.88. The van der Waals surface area contributed by atoms with E-state index in [1.54, 1.807) is 0 Å². The molecule has 0 N–H and O–H groups in total. The molecule has 0 amide bonds. The monoisotopic (exact) mass is 273 g/mol. The van der Waals surface area contributed by atoms with E-state index in [4.69, 9.17) is 4.42 Å². The van der Waals surface area contributed by atoms with Crippen molar-refractivity contribution in [3.8, 4) is 0 Å². The zero-order valence-corrected chi connectivity index (χ0v) is 13.0. The van der Waals surface area contributed by atoms with Crippen LogP contribution in [0.1, 0.15) is 40.2 Å². The maximum absolute atomic E-state index is 12.1. The van der Waals surface area contributed by atoms with E-state index in [0.717, 1.165) is 29.7 Å². The van der Waals surface area contributed by atoms with Gasteiger partial charge in [0, 0.05) is 35.8 Å². The SMILES string of the molecule is CCN(CC)c1ccc2cc(C(C)(C)C)c(=O)oc2c1. The van der Waals surface area contributed by atoms with Crippen LogP contribution in [0.3, 0.4) is 0 Å². The number of hydrogen-bond acceptors (Lipinski definition) is 3. The van der Waals surface area contributed by atoms with Gasteiger partial charge in [0.05, 0.1) is 0 Å². The Kier molecular flexibility index (Phi) is 3.89. The molecule has 0 spiro atoms. The van der Waals surface area contributed by atoms with Crippen molar-refractivity contribution in [2.75, 3.05) is 18.0 Å². The summed E-state index contributed by atoms with van der Waals surface area (Å²) in [5, 5.41) is 0.977. The minimum Gasteiger partial charge on any atom is -0.422 e. The van der Waals surface area contributed by atoms with Crippen LogP contribution in [0, 0.1) is 0 Å². The van der Waals surface area contributed by atoms with E-state index in [1.165, 1.54) is 0 Å². The fourth-order valence-electron chi connectivity index (χ4n) is 2.41. The molecular formula is C17H23NO2. The Bertz CT molecular complexity index is 661. The maximum atomic E-state index is 12.1. The molecule has 0 saturated carbocycles. The van der Waals surface area contributed by atoms with E-state index in [0.29, 0.717) is 5.58 Å². The Morgan fingerprint density at radius 3 is 2.30 bits per heavy atom. The summed E-state index contributed by atoms with van der Waals surface area (Å²) in [6.07, 6.45) is 0. The van der Waals surface area contributed by atoms with Crippen LogP contribution in [0.25, 0.3) is 11.0 Å². The van der Waals surface area contributed by atoms with Gasteiger partial charge < -0.3 is 9.32 Å². The molecule has 2 aromatic rings. The van der Waals surface area contributed by atoms with Crippen molar-refractivity contribution in [1.29, 1.82) is 0 Å². The summed E-state index contributed by atoms with van der Waals surface area (Å²) in [5.41, 5.74) is 2.04. The number of nitrogens with zero attached hydrogens (tertiary/aromatic N) is 1. The van der Waals surface area contributed by atoms with Crippen molar-refractivity contribution in [3.05, 3.63) is 40.2 Å². The van der Waals surface area contributed by atoms with Gasteiger partial charge in [-0.3, -0.25) is 0 Å². The van der Waals surface area contributed by atoms with E-state index in [9.17, 15) is 4.79 Å². The third kappa shape index (κ3) is 2.72. The first-order valence-electron chi connectivity index (χ1n) is 7.20. The van der Waals surface area contributed by atoms with Crippen molar-refractivity contribution < 1.29 is 4.42 Å². The van der Waals surface area contributed by atoms with Gasteiger partial charge in [-0.05, 0) is 37.5 Å². The third-order valence-corrected chi connectivity index (χ3v) is 3.66. The van der Waals surface area contributed by atoms with Gasteiger partial charge >= 0.3 is 5.63 Å². The van der Waals surface area contributed by atoms with Crippen molar-refractivity contribution in [2.24, 2.45) is 0 Å². The smallest absolute Gasteiger partial charge is 0.339 e.